The zero-order valence-electron chi connectivity index (χ0n) is 11.7. The third kappa shape index (κ3) is 2.81. The van der Waals surface area contributed by atoms with E-state index in [2.05, 4.69) is 0 Å². The van der Waals surface area contributed by atoms with Crippen molar-refractivity contribution in [2.45, 2.75) is 18.4 Å². The average molecular weight is 311 g/mol. The third-order valence-electron chi connectivity index (χ3n) is 4.13. The van der Waals surface area contributed by atoms with Crippen molar-refractivity contribution in [3.05, 3.63) is 35.4 Å². The molecule has 0 spiro atoms. The van der Waals surface area contributed by atoms with E-state index in [0.29, 0.717) is 18.5 Å². The van der Waals surface area contributed by atoms with E-state index in [1.54, 1.807) is 0 Å². The van der Waals surface area contributed by atoms with Gasteiger partial charge in [-0.1, -0.05) is 6.07 Å². The molecule has 22 heavy (non-hydrogen) atoms. The quantitative estimate of drug-likeness (QED) is 0.916. The number of benzene rings is 1. The van der Waals surface area contributed by atoms with Crippen LogP contribution in [0.1, 0.15) is 17.9 Å². The Morgan fingerprint density at radius 2 is 2.05 bits per heavy atom. The minimum absolute atomic E-state index is 0.0230. The monoisotopic (exact) mass is 311 g/mol. The number of ether oxygens (including phenoxy) is 1. The van der Waals surface area contributed by atoms with Gasteiger partial charge in [0.15, 0.2) is 17.7 Å². The summed E-state index contributed by atoms with van der Waals surface area (Å²) in [6, 6.07) is 3.65. The lowest BCUT2D eigenvalue weighted by Crippen LogP contribution is -2.49. The van der Waals surface area contributed by atoms with Crippen LogP contribution in [0.25, 0.3) is 0 Å². The first-order valence-corrected chi connectivity index (χ1v) is 7.05. The Labute approximate surface area is 125 Å². The Balaban J connectivity index is 1.65. The summed E-state index contributed by atoms with van der Waals surface area (Å²) < 4.78 is 31.2. The van der Waals surface area contributed by atoms with Crippen LogP contribution in [0.2, 0.25) is 0 Å². The number of nitrogens with zero attached hydrogens (tertiary/aromatic N) is 1. The van der Waals surface area contributed by atoms with Crippen LogP contribution in [0, 0.1) is 17.6 Å². The summed E-state index contributed by atoms with van der Waals surface area (Å²) in [6.07, 6.45) is -0.433. The summed E-state index contributed by atoms with van der Waals surface area (Å²) in [6.45, 7) is 0.560. The van der Waals surface area contributed by atoms with Crippen LogP contribution in [-0.4, -0.2) is 47.7 Å². The van der Waals surface area contributed by atoms with Crippen LogP contribution >= 0.6 is 0 Å². The molecule has 7 heteroatoms. The number of carboxylic acid groups (broad SMARTS) is 1. The van der Waals surface area contributed by atoms with Crippen LogP contribution in [-0.2, 0) is 14.3 Å². The third-order valence-corrected chi connectivity index (χ3v) is 4.13. The number of morpholine rings is 1. The largest absolute Gasteiger partial charge is 0.479 e. The van der Waals surface area contributed by atoms with Gasteiger partial charge in [0.05, 0.1) is 13.2 Å². The number of carbonyl (C=O) groups is 2. The van der Waals surface area contributed by atoms with Crippen molar-refractivity contribution in [3.8, 4) is 0 Å². The standard InChI is InChI=1S/C15H15F2NO4/c16-11-2-1-8(5-12(11)17)9-6-10(9)14(19)18-3-4-22-13(7-18)15(20)21/h1-2,5,9-10,13H,3-4,6-7H2,(H,20,21)/t9-,10-,13-/m0/s1. The normalized spacial score (nSPS) is 27.5. The van der Waals surface area contributed by atoms with E-state index in [1.165, 1.54) is 11.0 Å². The number of halogens is 2. The molecule has 1 N–H and O–H groups in total. The molecule has 1 saturated heterocycles. The Bertz CT molecular complexity index is 622. The molecule has 3 atom stereocenters. The Morgan fingerprint density at radius 3 is 2.73 bits per heavy atom. The van der Waals surface area contributed by atoms with Gasteiger partial charge in [-0.3, -0.25) is 4.79 Å². The molecule has 118 valence electrons. The Hall–Kier alpha value is -2.02. The molecule has 2 fully saturated rings. The van der Waals surface area contributed by atoms with Crippen LogP contribution in [0.5, 0.6) is 0 Å². The van der Waals surface area contributed by atoms with Crippen LogP contribution in [0.15, 0.2) is 18.2 Å². The predicted octanol–water partition coefficient (Wildman–Crippen LogP) is 1.38. The maximum Gasteiger partial charge on any atom is 0.334 e. The van der Waals surface area contributed by atoms with Gasteiger partial charge in [-0.25, -0.2) is 13.6 Å². The molecular formula is C15H15F2NO4. The molecule has 1 saturated carbocycles. The van der Waals surface area contributed by atoms with E-state index in [1.807, 2.05) is 0 Å². The lowest BCUT2D eigenvalue weighted by Gasteiger charge is -2.31. The Kier molecular flexibility index (Phi) is 3.82. The number of hydrogen-bond donors (Lipinski definition) is 1. The molecule has 1 aliphatic heterocycles. The summed E-state index contributed by atoms with van der Waals surface area (Å²) in [5, 5.41) is 8.94. The SMILES string of the molecule is O=C(O)[C@@H]1CN(C(=O)[C@H]2C[C@H]2c2ccc(F)c(F)c2)CCO1. The summed E-state index contributed by atoms with van der Waals surface area (Å²) in [5.74, 6) is -3.50. The van der Waals surface area contributed by atoms with Crippen molar-refractivity contribution in [2.24, 2.45) is 5.92 Å². The van der Waals surface area contributed by atoms with E-state index in [0.717, 1.165) is 12.1 Å². The zero-order valence-corrected chi connectivity index (χ0v) is 11.7. The number of hydrogen-bond acceptors (Lipinski definition) is 3. The molecule has 3 rings (SSSR count). The lowest BCUT2D eigenvalue weighted by atomic mass is 10.1. The van der Waals surface area contributed by atoms with Gasteiger partial charge < -0.3 is 14.7 Å². The van der Waals surface area contributed by atoms with E-state index in [-0.39, 0.29) is 30.9 Å². The first kappa shape index (κ1) is 14.9. The molecule has 0 aromatic heterocycles. The second-order valence-electron chi connectivity index (χ2n) is 5.60. The highest BCUT2D eigenvalue weighted by atomic mass is 19.2. The van der Waals surface area contributed by atoms with Gasteiger partial charge in [0.1, 0.15) is 0 Å². The van der Waals surface area contributed by atoms with Crippen LogP contribution in [0.4, 0.5) is 8.78 Å². The van der Waals surface area contributed by atoms with Gasteiger partial charge in [0, 0.05) is 12.5 Å². The fourth-order valence-corrected chi connectivity index (χ4v) is 2.81. The highest BCUT2D eigenvalue weighted by molar-refractivity contribution is 5.84. The maximum absolute atomic E-state index is 13.2. The molecule has 0 radical (unpaired) electrons. The van der Waals surface area contributed by atoms with Crippen molar-refractivity contribution in [1.82, 2.24) is 4.90 Å². The molecule has 1 heterocycles. The minimum Gasteiger partial charge on any atom is -0.479 e. The van der Waals surface area contributed by atoms with E-state index < -0.39 is 23.7 Å². The van der Waals surface area contributed by atoms with Crippen molar-refractivity contribution in [3.63, 3.8) is 0 Å². The topological polar surface area (TPSA) is 66.8 Å². The van der Waals surface area contributed by atoms with Crippen molar-refractivity contribution in [1.29, 1.82) is 0 Å². The van der Waals surface area contributed by atoms with Gasteiger partial charge >= 0.3 is 5.97 Å². The minimum atomic E-state index is -1.09. The van der Waals surface area contributed by atoms with Gasteiger partial charge in [-0.2, -0.15) is 0 Å². The number of carboxylic acids is 1. The smallest absolute Gasteiger partial charge is 0.334 e. The number of carbonyl (C=O) groups excluding carboxylic acids is 1. The molecule has 5 nitrogen and oxygen atoms in total. The highest BCUT2D eigenvalue weighted by Gasteiger charge is 2.47. The van der Waals surface area contributed by atoms with Gasteiger partial charge in [-0.05, 0) is 30.0 Å². The maximum atomic E-state index is 13.2. The molecule has 0 unspecified atom stereocenters. The summed E-state index contributed by atoms with van der Waals surface area (Å²) in [7, 11) is 0. The molecule has 2 aliphatic rings. The molecule has 0 bridgehead atoms. The van der Waals surface area contributed by atoms with Crippen molar-refractivity contribution < 1.29 is 28.2 Å². The molecule has 1 amide bonds. The van der Waals surface area contributed by atoms with Gasteiger partial charge in [0.2, 0.25) is 5.91 Å². The molecular weight excluding hydrogens is 296 g/mol. The number of aliphatic carboxylic acids is 1. The lowest BCUT2D eigenvalue weighted by molar-refractivity contribution is -0.159. The van der Waals surface area contributed by atoms with Crippen molar-refractivity contribution >= 4 is 11.9 Å². The molecule has 1 aromatic rings. The summed E-state index contributed by atoms with van der Waals surface area (Å²) in [5.41, 5.74) is 0.597. The molecule has 1 aromatic carbocycles. The van der Waals surface area contributed by atoms with Crippen LogP contribution < -0.4 is 0 Å². The average Bonchev–Trinajstić information content (AvgIpc) is 3.30. The van der Waals surface area contributed by atoms with E-state index in [9.17, 15) is 18.4 Å². The number of amides is 1. The second-order valence-corrected chi connectivity index (χ2v) is 5.60. The van der Waals surface area contributed by atoms with Gasteiger partial charge in [-0.15, -0.1) is 0 Å². The highest BCUT2D eigenvalue weighted by Crippen LogP contribution is 2.48. The predicted molar refractivity (Wildman–Crippen MR) is 71.2 cm³/mol. The fourth-order valence-electron chi connectivity index (χ4n) is 2.81. The molecule has 1 aliphatic carbocycles. The fraction of sp³-hybridized carbons (Fsp3) is 0.467. The van der Waals surface area contributed by atoms with Gasteiger partial charge in [0.25, 0.3) is 0 Å². The van der Waals surface area contributed by atoms with E-state index in [4.69, 9.17) is 9.84 Å². The van der Waals surface area contributed by atoms with E-state index >= 15 is 0 Å². The summed E-state index contributed by atoms with van der Waals surface area (Å²) >= 11 is 0. The Morgan fingerprint density at radius 1 is 1.27 bits per heavy atom. The first-order chi connectivity index (χ1) is 10.5. The van der Waals surface area contributed by atoms with Crippen molar-refractivity contribution in [2.75, 3.05) is 19.7 Å². The number of rotatable bonds is 3. The second kappa shape index (κ2) is 5.64. The summed E-state index contributed by atoms with van der Waals surface area (Å²) in [4.78, 5) is 24.8. The first-order valence-electron chi connectivity index (χ1n) is 7.05. The zero-order chi connectivity index (χ0) is 15.9. The van der Waals surface area contributed by atoms with Crippen LogP contribution in [0.3, 0.4) is 0 Å².